The SMILES string of the molecule is Fc1cc(F)c(-c2ccccn2)[c]([Lr][NH]CCn2cccn2)c1. The summed E-state index contributed by atoms with van der Waals surface area (Å²) >= 11 is 0. The van der Waals surface area contributed by atoms with Crippen molar-refractivity contribution in [2.45, 2.75) is 6.54 Å². The topological polar surface area (TPSA) is 42.7 Å². The van der Waals surface area contributed by atoms with Gasteiger partial charge in [-0.25, -0.2) is 0 Å². The molecule has 127 valence electrons. The molecule has 23 heavy (non-hydrogen) atoms. The maximum absolute atomic E-state index is 14.2. The van der Waals surface area contributed by atoms with Crippen LogP contribution in [0.5, 0.6) is 0 Å². The Morgan fingerprint density at radius 1 is 1.13 bits per heavy atom. The molecular weight excluding hydrogens is 548 g/mol. The van der Waals surface area contributed by atoms with Crippen molar-refractivity contribution in [3.8, 4) is 11.3 Å². The summed E-state index contributed by atoms with van der Waals surface area (Å²) in [4.78, 5) is 4.18. The van der Waals surface area contributed by atoms with Gasteiger partial charge in [-0.15, -0.1) is 0 Å². The van der Waals surface area contributed by atoms with Crippen LogP contribution in [0.15, 0.2) is 55.0 Å². The van der Waals surface area contributed by atoms with Gasteiger partial charge in [0.05, 0.1) is 0 Å². The number of hydrogen-bond donors (Lipinski definition) is 1. The molecule has 0 aliphatic carbocycles. The van der Waals surface area contributed by atoms with Crippen molar-refractivity contribution in [3.05, 3.63) is 66.6 Å². The summed E-state index contributed by atoms with van der Waals surface area (Å²) in [7, 11) is 0. The molecule has 1 N–H and O–H groups in total. The number of rotatable bonds is 6. The minimum absolute atomic E-state index is 0.375. The van der Waals surface area contributed by atoms with E-state index in [1.165, 1.54) is 6.07 Å². The predicted molar refractivity (Wildman–Crippen MR) is 79.5 cm³/mol. The van der Waals surface area contributed by atoms with Crippen molar-refractivity contribution in [3.63, 3.8) is 0 Å². The molecule has 0 radical (unpaired) electrons. The zero-order valence-electron chi connectivity index (χ0n) is 12.0. The molecule has 2 heterocycles. The molecule has 0 aliphatic heterocycles. The second-order valence-corrected chi connectivity index (χ2v) is 7.03. The quantitative estimate of drug-likeness (QED) is 0.469. The molecule has 0 saturated heterocycles. The first kappa shape index (κ1) is 14.3. The van der Waals surface area contributed by atoms with Crippen LogP contribution < -0.4 is 11.8 Å². The molecule has 0 unspecified atom stereocenters. The summed E-state index contributed by atoms with van der Waals surface area (Å²) in [5.74, 6) is -1.15. The fourth-order valence-corrected chi connectivity index (χ4v) is 4.13. The third-order valence-electron chi connectivity index (χ3n) is 2.96. The van der Waals surface area contributed by atoms with Gasteiger partial charge in [0.25, 0.3) is 0 Å². The van der Waals surface area contributed by atoms with Gasteiger partial charge in [0, 0.05) is 0 Å². The summed E-state index contributed by atoms with van der Waals surface area (Å²) in [5.41, 5.74) is 4.17. The molecule has 7 heteroatoms. The second-order valence-electron chi connectivity index (χ2n) is 4.57. The molecule has 3 aromatic rings. The van der Waals surface area contributed by atoms with Gasteiger partial charge in [0.2, 0.25) is 0 Å². The van der Waals surface area contributed by atoms with Gasteiger partial charge < -0.3 is 0 Å². The number of benzene rings is 1. The number of nitrogens with zero attached hydrogens (tertiary/aromatic N) is 3. The van der Waals surface area contributed by atoms with Crippen LogP contribution in [-0.4, -0.2) is 21.3 Å². The van der Waals surface area contributed by atoms with E-state index in [9.17, 15) is 8.78 Å². The maximum atomic E-state index is 14.2. The van der Waals surface area contributed by atoms with Crippen LogP contribution in [0.4, 0.5) is 8.78 Å². The van der Waals surface area contributed by atoms with Crippen LogP contribution in [0, 0.1) is 11.6 Å². The molecule has 1 aromatic carbocycles. The third kappa shape index (κ3) is 3.36. The number of pyridine rings is 1. The van der Waals surface area contributed by atoms with Gasteiger partial charge in [-0.1, -0.05) is 0 Å². The predicted octanol–water partition coefficient (Wildman–Crippen LogP) is 2.14. The first-order chi connectivity index (χ1) is 11.2. The van der Waals surface area contributed by atoms with E-state index in [0.29, 0.717) is 30.4 Å². The fraction of sp³-hybridized carbons (Fsp3) is 0.125. The Balaban J connectivity index is 1.75. The van der Waals surface area contributed by atoms with E-state index >= 15 is 0 Å². The average molecular weight is 562 g/mol. The Labute approximate surface area is 127 Å². The molecule has 0 saturated carbocycles. The van der Waals surface area contributed by atoms with Gasteiger partial charge in [0.15, 0.2) is 0 Å². The number of hydrogen-bond acceptors (Lipinski definition) is 3. The number of aromatic nitrogens is 3. The molecule has 0 bridgehead atoms. The molecule has 0 spiro atoms. The standard InChI is InChI=1S/C11H6F2N.C5H8N3.Lr/c12-8-4-5-9(10(13)7-8)11-3-1-2-6-14-11;6-2-5-8-4-1-3-7-8;/h1-4,6-7H;1,3-4,6H,2,5H2;/q;-1;+1. The van der Waals surface area contributed by atoms with Gasteiger partial charge >= 0.3 is 126 Å². The fourth-order valence-electron chi connectivity index (χ4n) is 1.96. The number of halogens is 2. The van der Waals surface area contributed by atoms with Gasteiger partial charge in [-0.05, 0) is 0 Å². The zero-order chi connectivity index (χ0) is 16.1. The number of nitrogens with one attached hydrogen (secondary N) is 1. The van der Waals surface area contributed by atoms with Gasteiger partial charge in [0.1, 0.15) is 0 Å². The van der Waals surface area contributed by atoms with Crippen molar-refractivity contribution in [1.82, 2.24) is 20.5 Å². The van der Waals surface area contributed by atoms with E-state index in [4.69, 9.17) is 0 Å². The molecule has 4 nitrogen and oxygen atoms in total. The van der Waals surface area contributed by atoms with Crippen molar-refractivity contribution in [1.29, 1.82) is 0 Å². The molecule has 2 aromatic heterocycles. The van der Waals surface area contributed by atoms with E-state index in [-0.39, 0.29) is 0 Å². The van der Waals surface area contributed by atoms with Crippen molar-refractivity contribution in [2.75, 3.05) is 6.54 Å². The zero-order valence-corrected chi connectivity index (χ0v) is 14.1. The summed E-state index contributed by atoms with van der Waals surface area (Å²) in [6, 6.07) is 10.1. The van der Waals surface area contributed by atoms with Crippen LogP contribution in [0.1, 0.15) is 0 Å². The average Bonchev–Trinajstić information content (AvgIpc) is 3.05. The second kappa shape index (κ2) is 6.44. The van der Waals surface area contributed by atoms with Crippen molar-refractivity contribution in [2.24, 2.45) is 0 Å². The first-order valence-electron chi connectivity index (χ1n) is 6.86. The Morgan fingerprint density at radius 3 is 2.78 bits per heavy atom. The van der Waals surface area contributed by atoms with Crippen LogP contribution in [0.3, 0.4) is 0 Å². The molecule has 0 aliphatic rings. The van der Waals surface area contributed by atoms with Crippen LogP contribution in [-0.2, 0) is 6.54 Å². The van der Waals surface area contributed by atoms with E-state index in [2.05, 4.69) is 15.8 Å². The first-order valence-corrected chi connectivity index (χ1v) is 9.01. The Hall–Kier alpha value is -3.60. The molecule has 3 rings (SSSR count). The van der Waals surface area contributed by atoms with Crippen molar-refractivity contribution >= 4 is 6.07 Å². The third-order valence-corrected chi connectivity index (χ3v) is 5.31. The van der Waals surface area contributed by atoms with Gasteiger partial charge in [-0.3, -0.25) is 0 Å². The van der Waals surface area contributed by atoms with Crippen LogP contribution >= 0.6 is 0 Å². The summed E-state index contributed by atoms with van der Waals surface area (Å²) in [6.45, 7) is 1.39. The normalized spacial score (nSPS) is 10.5. The molecular formula is C16H14F2LrN4. The van der Waals surface area contributed by atoms with Crippen LogP contribution in [0.25, 0.3) is 11.3 Å². The molecule has 0 atom stereocenters. The van der Waals surface area contributed by atoms with E-state index in [1.54, 1.807) is 35.3 Å². The van der Waals surface area contributed by atoms with E-state index in [0.717, 1.165) is 6.07 Å². The molecule has 0 amide bonds. The Morgan fingerprint density at radius 2 is 2.04 bits per heavy atom. The van der Waals surface area contributed by atoms with Crippen LogP contribution in [0.2, 0.25) is 0 Å². The Bertz CT molecular complexity index is 763. The van der Waals surface area contributed by atoms with Crippen molar-refractivity contribution < 1.29 is 8.78 Å². The summed E-state index contributed by atoms with van der Waals surface area (Å²) in [5, 5.41) is 4.11. The van der Waals surface area contributed by atoms with Gasteiger partial charge in [-0.2, -0.15) is 0 Å². The summed E-state index contributed by atoms with van der Waals surface area (Å²) in [6.07, 6.45) is 5.19. The molecule has 0 fully saturated rings. The summed E-state index contributed by atoms with van der Waals surface area (Å²) < 4.78 is 29.0. The van der Waals surface area contributed by atoms with E-state index in [1.807, 2.05) is 12.3 Å². The minimum atomic E-state index is -0.619. The monoisotopic (exact) mass is 562 g/mol. The Kier molecular flexibility index (Phi) is 4.02. The van der Waals surface area contributed by atoms with E-state index < -0.39 is 11.6 Å².